The molecular weight excluding hydrogens is 562 g/mol. The molecule has 1 aliphatic rings. The summed E-state index contributed by atoms with van der Waals surface area (Å²) in [6.07, 6.45) is 0.530. The van der Waals surface area contributed by atoms with Crippen molar-refractivity contribution in [2.24, 2.45) is 5.92 Å². The SMILES string of the molecule is Cc1cc(COc2ccc(C3(NC(=O)Nc4nc5ccccc5[nH]4)CCN(C(CC(C)C)C(=O)NO)C3=O)cc2)cc(C)n1. The second-order valence-corrected chi connectivity index (χ2v) is 11.5. The molecule has 2 unspecified atom stereocenters. The van der Waals surface area contributed by atoms with Crippen LogP contribution in [0.3, 0.4) is 0 Å². The molecule has 1 fully saturated rings. The van der Waals surface area contributed by atoms with Gasteiger partial charge in [-0.15, -0.1) is 0 Å². The van der Waals surface area contributed by atoms with Crippen molar-refractivity contribution in [3.8, 4) is 5.75 Å². The number of carbonyl (C=O) groups excluding carboxylic acids is 3. The van der Waals surface area contributed by atoms with Crippen LogP contribution >= 0.6 is 0 Å². The van der Waals surface area contributed by atoms with E-state index in [1.165, 1.54) is 4.90 Å². The van der Waals surface area contributed by atoms with E-state index >= 15 is 0 Å². The standard InChI is InChI=1S/C32H37N7O5/c1-19(2)15-27(28(40)38-43)39-14-13-32(29(39)41,37-31(42)36-30-34-25-7-5-6-8-26(25)35-30)23-9-11-24(12-10-23)44-18-22-16-20(3)33-21(4)17-22/h5-12,16-17,19,27,43H,13-15,18H2,1-4H3,(H,38,40)(H3,34,35,36,37,42). The van der Waals surface area contributed by atoms with E-state index in [1.54, 1.807) is 29.7 Å². The van der Waals surface area contributed by atoms with E-state index in [-0.39, 0.29) is 24.8 Å². The van der Waals surface area contributed by atoms with E-state index < -0.39 is 29.4 Å². The Hall–Kier alpha value is -4.97. The molecule has 5 N–H and O–H groups in total. The number of urea groups is 1. The summed E-state index contributed by atoms with van der Waals surface area (Å²) in [7, 11) is 0. The summed E-state index contributed by atoms with van der Waals surface area (Å²) in [5, 5.41) is 15.0. The van der Waals surface area contributed by atoms with Crippen LogP contribution in [0.2, 0.25) is 0 Å². The number of anilines is 1. The van der Waals surface area contributed by atoms with E-state index in [0.29, 0.717) is 29.9 Å². The lowest BCUT2D eigenvalue weighted by atomic mass is 9.88. The number of hydrogen-bond acceptors (Lipinski definition) is 7. The molecule has 0 bridgehead atoms. The molecule has 2 aromatic carbocycles. The van der Waals surface area contributed by atoms with Crippen LogP contribution < -0.4 is 20.9 Å². The maximum Gasteiger partial charge on any atom is 0.322 e. The Labute approximate surface area is 255 Å². The van der Waals surface area contributed by atoms with Gasteiger partial charge in [-0.1, -0.05) is 38.1 Å². The highest BCUT2D eigenvalue weighted by Gasteiger charge is 2.52. The topological polar surface area (TPSA) is 162 Å². The largest absolute Gasteiger partial charge is 0.489 e. The number of aromatic nitrogens is 3. The molecule has 0 aliphatic carbocycles. The third-order valence-corrected chi connectivity index (χ3v) is 7.68. The Morgan fingerprint density at radius 3 is 2.43 bits per heavy atom. The van der Waals surface area contributed by atoms with Gasteiger partial charge in [0, 0.05) is 24.4 Å². The number of carbonyl (C=O) groups is 3. The van der Waals surface area contributed by atoms with Crippen LogP contribution in [0.15, 0.2) is 60.7 Å². The summed E-state index contributed by atoms with van der Waals surface area (Å²) in [4.78, 5) is 53.5. The molecule has 12 heteroatoms. The number of hydroxylamine groups is 1. The molecular formula is C32H37N7O5. The Kier molecular flexibility index (Phi) is 8.81. The number of para-hydroxylation sites is 2. The number of ether oxygens (including phenoxy) is 1. The number of amides is 4. The fourth-order valence-corrected chi connectivity index (χ4v) is 5.74. The summed E-state index contributed by atoms with van der Waals surface area (Å²) in [6.45, 7) is 8.25. The van der Waals surface area contributed by atoms with Gasteiger partial charge in [0.05, 0.1) is 11.0 Å². The highest BCUT2D eigenvalue weighted by atomic mass is 16.5. The maximum absolute atomic E-state index is 14.2. The summed E-state index contributed by atoms with van der Waals surface area (Å²) in [5.74, 6) is -0.261. The number of likely N-dealkylation sites (tertiary alicyclic amines) is 1. The van der Waals surface area contributed by atoms with Gasteiger partial charge in [-0.25, -0.2) is 15.3 Å². The monoisotopic (exact) mass is 599 g/mol. The number of aromatic amines is 1. The van der Waals surface area contributed by atoms with Gasteiger partial charge >= 0.3 is 6.03 Å². The number of benzene rings is 2. The molecule has 0 saturated carbocycles. The number of aryl methyl sites for hydroxylation is 2. The molecule has 2 aromatic heterocycles. The highest BCUT2D eigenvalue weighted by Crippen LogP contribution is 2.37. The second-order valence-electron chi connectivity index (χ2n) is 11.5. The van der Waals surface area contributed by atoms with Crippen LogP contribution in [-0.2, 0) is 21.7 Å². The van der Waals surface area contributed by atoms with Crippen molar-refractivity contribution < 1.29 is 24.3 Å². The fraction of sp³-hybridized carbons (Fsp3) is 0.344. The zero-order valence-corrected chi connectivity index (χ0v) is 25.2. The number of imidazole rings is 1. The van der Waals surface area contributed by atoms with Crippen LogP contribution in [0.25, 0.3) is 11.0 Å². The first-order valence-electron chi connectivity index (χ1n) is 14.5. The molecule has 4 aromatic rings. The molecule has 2 atom stereocenters. The van der Waals surface area contributed by atoms with Gasteiger partial charge in [-0.05, 0) is 73.7 Å². The van der Waals surface area contributed by atoms with E-state index in [1.807, 2.05) is 64.1 Å². The lowest BCUT2D eigenvalue weighted by molar-refractivity contribution is -0.145. The number of rotatable bonds is 10. The number of nitrogens with zero attached hydrogens (tertiary/aromatic N) is 3. The average molecular weight is 600 g/mol. The number of fused-ring (bicyclic) bond motifs is 1. The summed E-state index contributed by atoms with van der Waals surface area (Å²) in [5.41, 5.74) is 4.97. The molecule has 44 heavy (non-hydrogen) atoms. The smallest absolute Gasteiger partial charge is 0.322 e. The Morgan fingerprint density at radius 1 is 1.07 bits per heavy atom. The lowest BCUT2D eigenvalue weighted by Crippen LogP contribution is -2.56. The van der Waals surface area contributed by atoms with Crippen molar-refractivity contribution in [2.45, 2.75) is 58.7 Å². The van der Waals surface area contributed by atoms with Gasteiger partial charge in [0.15, 0.2) is 0 Å². The van der Waals surface area contributed by atoms with Crippen LogP contribution in [0, 0.1) is 19.8 Å². The maximum atomic E-state index is 14.2. The first-order valence-corrected chi connectivity index (χ1v) is 14.5. The van der Waals surface area contributed by atoms with Crippen LogP contribution in [-0.4, -0.2) is 55.5 Å². The Morgan fingerprint density at radius 2 is 1.77 bits per heavy atom. The van der Waals surface area contributed by atoms with E-state index in [2.05, 4.69) is 25.6 Å². The molecule has 5 rings (SSSR count). The lowest BCUT2D eigenvalue weighted by Gasteiger charge is -2.32. The van der Waals surface area contributed by atoms with Crippen molar-refractivity contribution in [1.82, 2.24) is 30.6 Å². The third kappa shape index (κ3) is 6.50. The van der Waals surface area contributed by atoms with Gasteiger partial charge < -0.3 is 19.9 Å². The fourth-order valence-electron chi connectivity index (χ4n) is 5.74. The van der Waals surface area contributed by atoms with Gasteiger partial charge in [0.25, 0.3) is 11.8 Å². The van der Waals surface area contributed by atoms with Gasteiger partial charge in [-0.2, -0.15) is 0 Å². The predicted octanol–water partition coefficient (Wildman–Crippen LogP) is 4.32. The molecule has 1 saturated heterocycles. The molecule has 0 spiro atoms. The quantitative estimate of drug-likeness (QED) is 0.134. The number of pyridine rings is 1. The van der Waals surface area contributed by atoms with E-state index in [4.69, 9.17) is 4.74 Å². The molecule has 12 nitrogen and oxygen atoms in total. The van der Waals surface area contributed by atoms with Crippen LogP contribution in [0.1, 0.15) is 49.2 Å². The van der Waals surface area contributed by atoms with Crippen molar-refractivity contribution in [1.29, 1.82) is 0 Å². The molecule has 3 heterocycles. The summed E-state index contributed by atoms with van der Waals surface area (Å²) < 4.78 is 6.00. The molecule has 230 valence electrons. The van der Waals surface area contributed by atoms with E-state index in [9.17, 15) is 19.6 Å². The normalized spacial score (nSPS) is 17.1. The number of nitrogens with one attached hydrogen (secondary N) is 4. The van der Waals surface area contributed by atoms with Crippen molar-refractivity contribution in [2.75, 3.05) is 11.9 Å². The molecule has 1 aliphatic heterocycles. The van der Waals surface area contributed by atoms with Crippen molar-refractivity contribution >= 4 is 34.8 Å². The highest BCUT2D eigenvalue weighted by molar-refractivity contribution is 5.99. The minimum Gasteiger partial charge on any atom is -0.489 e. The summed E-state index contributed by atoms with van der Waals surface area (Å²) >= 11 is 0. The first kappa shape index (κ1) is 30.5. The van der Waals surface area contributed by atoms with Gasteiger partial charge in [0.1, 0.15) is 23.9 Å². The average Bonchev–Trinajstić information content (AvgIpc) is 3.54. The number of hydrogen-bond donors (Lipinski definition) is 5. The minimum absolute atomic E-state index is 0.0637. The van der Waals surface area contributed by atoms with Gasteiger partial charge in [0.2, 0.25) is 5.95 Å². The number of H-pyrrole nitrogens is 1. The third-order valence-electron chi connectivity index (χ3n) is 7.68. The van der Waals surface area contributed by atoms with E-state index in [0.717, 1.165) is 22.5 Å². The minimum atomic E-state index is -1.49. The molecule has 4 amide bonds. The zero-order valence-electron chi connectivity index (χ0n) is 25.2. The second kappa shape index (κ2) is 12.7. The van der Waals surface area contributed by atoms with Crippen molar-refractivity contribution in [3.63, 3.8) is 0 Å². The first-order chi connectivity index (χ1) is 21.1. The van der Waals surface area contributed by atoms with Crippen LogP contribution in [0.5, 0.6) is 5.75 Å². The Bertz CT molecular complexity index is 1620. The van der Waals surface area contributed by atoms with Crippen molar-refractivity contribution in [3.05, 3.63) is 83.2 Å². The summed E-state index contributed by atoms with van der Waals surface area (Å²) in [6, 6.07) is 16.7. The zero-order chi connectivity index (χ0) is 31.4. The van der Waals surface area contributed by atoms with Crippen LogP contribution in [0.4, 0.5) is 10.7 Å². The predicted molar refractivity (Wildman–Crippen MR) is 164 cm³/mol. The Balaban J connectivity index is 1.41. The molecule has 0 radical (unpaired) electrons. The van der Waals surface area contributed by atoms with Gasteiger partial charge in [-0.3, -0.25) is 25.1 Å².